The highest BCUT2D eigenvalue weighted by atomic mass is 19.1. The van der Waals surface area contributed by atoms with Gasteiger partial charge in [-0.15, -0.1) is 0 Å². The SMILES string of the molecule is Cc1ccc(OCc2ccc(CN)cc2C)cc1F. The van der Waals surface area contributed by atoms with Crippen LogP contribution in [0.15, 0.2) is 36.4 Å². The van der Waals surface area contributed by atoms with Gasteiger partial charge in [0.1, 0.15) is 18.2 Å². The van der Waals surface area contributed by atoms with Gasteiger partial charge in [-0.1, -0.05) is 24.3 Å². The number of halogens is 1. The van der Waals surface area contributed by atoms with Crippen molar-refractivity contribution in [2.24, 2.45) is 5.73 Å². The van der Waals surface area contributed by atoms with Crippen LogP contribution in [0.5, 0.6) is 5.75 Å². The number of nitrogens with two attached hydrogens (primary N) is 1. The van der Waals surface area contributed by atoms with Gasteiger partial charge >= 0.3 is 0 Å². The minimum Gasteiger partial charge on any atom is -0.489 e. The zero-order chi connectivity index (χ0) is 13.8. The number of hydrogen-bond donors (Lipinski definition) is 1. The van der Waals surface area contributed by atoms with Crippen LogP contribution in [0.4, 0.5) is 4.39 Å². The third-order valence-electron chi connectivity index (χ3n) is 3.18. The molecule has 0 radical (unpaired) electrons. The van der Waals surface area contributed by atoms with Crippen LogP contribution in [0.1, 0.15) is 22.3 Å². The van der Waals surface area contributed by atoms with E-state index in [1.165, 1.54) is 6.07 Å². The van der Waals surface area contributed by atoms with Crippen LogP contribution in [-0.2, 0) is 13.2 Å². The van der Waals surface area contributed by atoms with E-state index >= 15 is 0 Å². The van der Waals surface area contributed by atoms with E-state index in [-0.39, 0.29) is 5.82 Å². The maximum atomic E-state index is 13.4. The van der Waals surface area contributed by atoms with E-state index in [9.17, 15) is 4.39 Å². The maximum absolute atomic E-state index is 13.4. The van der Waals surface area contributed by atoms with Crippen molar-refractivity contribution in [1.82, 2.24) is 0 Å². The minimum atomic E-state index is -0.243. The number of hydrogen-bond acceptors (Lipinski definition) is 2. The monoisotopic (exact) mass is 259 g/mol. The molecule has 19 heavy (non-hydrogen) atoms. The fraction of sp³-hybridized carbons (Fsp3) is 0.250. The first-order valence-corrected chi connectivity index (χ1v) is 6.27. The van der Waals surface area contributed by atoms with Crippen LogP contribution in [-0.4, -0.2) is 0 Å². The van der Waals surface area contributed by atoms with Crippen molar-refractivity contribution in [3.05, 3.63) is 64.5 Å². The number of ether oxygens (including phenoxy) is 1. The average molecular weight is 259 g/mol. The molecule has 2 rings (SSSR count). The number of benzene rings is 2. The summed E-state index contributed by atoms with van der Waals surface area (Å²) in [5, 5.41) is 0. The molecule has 0 spiro atoms. The van der Waals surface area contributed by atoms with Crippen LogP contribution in [0.2, 0.25) is 0 Å². The molecule has 2 aromatic rings. The highest BCUT2D eigenvalue weighted by molar-refractivity contribution is 5.32. The molecule has 2 aromatic carbocycles. The Kier molecular flexibility index (Phi) is 4.17. The molecular weight excluding hydrogens is 241 g/mol. The van der Waals surface area contributed by atoms with Gasteiger partial charge in [0.25, 0.3) is 0 Å². The molecule has 0 atom stereocenters. The summed E-state index contributed by atoms with van der Waals surface area (Å²) in [4.78, 5) is 0. The van der Waals surface area contributed by atoms with E-state index in [1.54, 1.807) is 19.1 Å². The van der Waals surface area contributed by atoms with Gasteiger partial charge in [-0.2, -0.15) is 0 Å². The molecule has 2 N–H and O–H groups in total. The predicted molar refractivity (Wildman–Crippen MR) is 74.5 cm³/mol. The Hall–Kier alpha value is -1.87. The molecule has 0 saturated carbocycles. The number of aryl methyl sites for hydroxylation is 2. The third kappa shape index (κ3) is 3.32. The maximum Gasteiger partial charge on any atom is 0.129 e. The van der Waals surface area contributed by atoms with Crippen LogP contribution < -0.4 is 10.5 Å². The summed E-state index contributed by atoms with van der Waals surface area (Å²) < 4.78 is 19.0. The Morgan fingerprint density at radius 2 is 1.84 bits per heavy atom. The van der Waals surface area contributed by atoms with Gasteiger partial charge in [0.05, 0.1) is 0 Å². The molecule has 100 valence electrons. The Bertz CT molecular complexity index is 581. The highest BCUT2D eigenvalue weighted by Crippen LogP contribution is 2.18. The zero-order valence-corrected chi connectivity index (χ0v) is 11.2. The molecule has 2 nitrogen and oxygen atoms in total. The quantitative estimate of drug-likeness (QED) is 0.912. The van der Waals surface area contributed by atoms with E-state index < -0.39 is 0 Å². The molecule has 0 aromatic heterocycles. The van der Waals surface area contributed by atoms with Gasteiger partial charge in [0.2, 0.25) is 0 Å². The first kappa shape index (κ1) is 13.6. The second kappa shape index (κ2) is 5.85. The molecule has 0 aliphatic carbocycles. The lowest BCUT2D eigenvalue weighted by Crippen LogP contribution is -2.01. The largest absolute Gasteiger partial charge is 0.489 e. The molecule has 0 amide bonds. The molecule has 3 heteroatoms. The normalized spacial score (nSPS) is 10.5. The highest BCUT2D eigenvalue weighted by Gasteiger charge is 2.03. The van der Waals surface area contributed by atoms with Gasteiger partial charge in [0, 0.05) is 12.6 Å². The Labute approximate surface area is 113 Å². The second-order valence-electron chi connectivity index (χ2n) is 4.66. The van der Waals surface area contributed by atoms with Crippen molar-refractivity contribution in [3.63, 3.8) is 0 Å². The minimum absolute atomic E-state index is 0.243. The second-order valence-corrected chi connectivity index (χ2v) is 4.66. The smallest absolute Gasteiger partial charge is 0.129 e. The summed E-state index contributed by atoms with van der Waals surface area (Å²) in [6.45, 7) is 4.71. The summed E-state index contributed by atoms with van der Waals surface area (Å²) in [6, 6.07) is 11.0. The van der Waals surface area contributed by atoms with Crippen molar-refractivity contribution in [2.45, 2.75) is 27.0 Å². The Morgan fingerprint density at radius 3 is 2.47 bits per heavy atom. The number of rotatable bonds is 4. The van der Waals surface area contributed by atoms with Crippen molar-refractivity contribution in [2.75, 3.05) is 0 Å². The lowest BCUT2D eigenvalue weighted by molar-refractivity contribution is 0.303. The predicted octanol–water partition coefficient (Wildman–Crippen LogP) is 3.48. The van der Waals surface area contributed by atoms with Crippen LogP contribution >= 0.6 is 0 Å². The fourth-order valence-corrected chi connectivity index (χ4v) is 1.87. The molecule has 0 bridgehead atoms. The summed E-state index contributed by atoms with van der Waals surface area (Å²) >= 11 is 0. The summed E-state index contributed by atoms with van der Waals surface area (Å²) in [5.41, 5.74) is 9.53. The standard InChI is InChI=1S/C16H18FNO/c1-11-3-6-15(8-16(11)17)19-10-14-5-4-13(9-18)7-12(14)2/h3-8H,9-10,18H2,1-2H3. The van der Waals surface area contributed by atoms with Gasteiger partial charge in [-0.3, -0.25) is 0 Å². The van der Waals surface area contributed by atoms with Crippen LogP contribution in [0.3, 0.4) is 0 Å². The van der Waals surface area contributed by atoms with E-state index in [0.717, 1.165) is 16.7 Å². The third-order valence-corrected chi connectivity index (χ3v) is 3.18. The van der Waals surface area contributed by atoms with Crippen molar-refractivity contribution in [1.29, 1.82) is 0 Å². The molecular formula is C16H18FNO. The van der Waals surface area contributed by atoms with E-state index in [0.29, 0.717) is 24.5 Å². The molecule has 0 aliphatic heterocycles. The van der Waals surface area contributed by atoms with Crippen molar-refractivity contribution >= 4 is 0 Å². The Balaban J connectivity index is 2.07. The van der Waals surface area contributed by atoms with Gasteiger partial charge in [-0.25, -0.2) is 4.39 Å². The molecule has 0 saturated heterocycles. The lowest BCUT2D eigenvalue weighted by Gasteiger charge is -2.10. The van der Waals surface area contributed by atoms with E-state index in [1.807, 2.05) is 19.1 Å². The average Bonchev–Trinajstić information content (AvgIpc) is 2.41. The zero-order valence-electron chi connectivity index (χ0n) is 11.2. The Morgan fingerprint density at radius 1 is 1.05 bits per heavy atom. The van der Waals surface area contributed by atoms with E-state index in [4.69, 9.17) is 10.5 Å². The lowest BCUT2D eigenvalue weighted by atomic mass is 10.1. The summed E-state index contributed by atoms with van der Waals surface area (Å²) in [5.74, 6) is 0.304. The molecule has 0 aliphatic rings. The first-order valence-electron chi connectivity index (χ1n) is 6.27. The van der Waals surface area contributed by atoms with Crippen molar-refractivity contribution < 1.29 is 9.13 Å². The van der Waals surface area contributed by atoms with Gasteiger partial charge < -0.3 is 10.5 Å². The van der Waals surface area contributed by atoms with Gasteiger partial charge in [-0.05, 0) is 42.2 Å². The van der Waals surface area contributed by atoms with Crippen LogP contribution in [0, 0.1) is 19.7 Å². The molecule has 0 unspecified atom stereocenters. The summed E-state index contributed by atoms with van der Waals surface area (Å²) in [7, 11) is 0. The van der Waals surface area contributed by atoms with Crippen LogP contribution in [0.25, 0.3) is 0 Å². The topological polar surface area (TPSA) is 35.2 Å². The first-order chi connectivity index (χ1) is 9.10. The molecule has 0 fully saturated rings. The van der Waals surface area contributed by atoms with Crippen molar-refractivity contribution in [3.8, 4) is 5.75 Å². The fourth-order valence-electron chi connectivity index (χ4n) is 1.87. The molecule has 0 heterocycles. The van der Waals surface area contributed by atoms with Gasteiger partial charge in [0.15, 0.2) is 0 Å². The van der Waals surface area contributed by atoms with E-state index in [2.05, 4.69) is 6.07 Å². The summed E-state index contributed by atoms with van der Waals surface area (Å²) in [6.07, 6.45) is 0.